The fourth-order valence-electron chi connectivity index (χ4n) is 1.99. The van der Waals surface area contributed by atoms with Crippen LogP contribution < -0.4 is 11.1 Å². The Morgan fingerprint density at radius 2 is 2.21 bits per heavy atom. The van der Waals surface area contributed by atoms with Gasteiger partial charge in [0.05, 0.1) is 11.3 Å². The van der Waals surface area contributed by atoms with Crippen molar-refractivity contribution in [3.05, 3.63) is 40.8 Å². The van der Waals surface area contributed by atoms with Gasteiger partial charge in [0, 0.05) is 31.0 Å². The first-order valence-corrected chi connectivity index (χ1v) is 6.39. The summed E-state index contributed by atoms with van der Waals surface area (Å²) in [5.41, 5.74) is 9.76. The molecule has 5 nitrogen and oxygen atoms in total. The molecule has 2 rings (SSSR count). The lowest BCUT2D eigenvalue weighted by molar-refractivity contribution is 0.730. The normalized spacial score (nSPS) is 10.5. The fraction of sp³-hybridized carbons (Fsp3) is 0.308. The summed E-state index contributed by atoms with van der Waals surface area (Å²) in [6, 6.07) is 3.68. The second kappa shape index (κ2) is 5.36. The highest BCUT2D eigenvalue weighted by molar-refractivity contribution is 7.80. The number of thiocarbonyl (C=S) groups is 1. The Labute approximate surface area is 117 Å². The van der Waals surface area contributed by atoms with Crippen LogP contribution in [0.25, 0.3) is 0 Å². The van der Waals surface area contributed by atoms with Crippen molar-refractivity contribution in [2.75, 3.05) is 5.32 Å². The second-order valence-corrected chi connectivity index (χ2v) is 4.83. The molecule has 0 saturated heterocycles. The zero-order valence-electron chi connectivity index (χ0n) is 11.3. The number of anilines is 1. The predicted molar refractivity (Wildman–Crippen MR) is 80.1 cm³/mol. The molecule has 3 N–H and O–H groups in total. The molecule has 0 aliphatic heterocycles. The number of nitrogens with zero attached hydrogens (tertiary/aromatic N) is 3. The van der Waals surface area contributed by atoms with E-state index < -0.39 is 0 Å². The first kappa shape index (κ1) is 13.5. The van der Waals surface area contributed by atoms with Crippen LogP contribution in [0.4, 0.5) is 5.82 Å². The standard InChI is InChI=1S/C13H17N5S/c1-8-11(9(2)18(3)17-8)7-16-13-10(12(14)19)5-4-6-15-13/h4-6H,7H2,1-3H3,(H2,14,19)(H,15,16). The quantitative estimate of drug-likeness (QED) is 0.831. The van der Waals surface area contributed by atoms with Crippen molar-refractivity contribution < 1.29 is 0 Å². The van der Waals surface area contributed by atoms with Gasteiger partial charge in [-0.15, -0.1) is 0 Å². The van der Waals surface area contributed by atoms with E-state index in [1.807, 2.05) is 37.7 Å². The number of hydrogen-bond donors (Lipinski definition) is 2. The molecule has 2 aromatic rings. The van der Waals surface area contributed by atoms with E-state index in [-0.39, 0.29) is 0 Å². The van der Waals surface area contributed by atoms with Crippen LogP contribution in [0.1, 0.15) is 22.5 Å². The molecule has 6 heteroatoms. The topological polar surface area (TPSA) is 68.8 Å². The van der Waals surface area contributed by atoms with Crippen LogP contribution in [0.3, 0.4) is 0 Å². The Balaban J connectivity index is 2.22. The lowest BCUT2D eigenvalue weighted by atomic mass is 10.2. The third-order valence-corrected chi connectivity index (χ3v) is 3.38. The Hall–Kier alpha value is -1.95. The molecular weight excluding hydrogens is 258 g/mol. The van der Waals surface area contributed by atoms with Gasteiger partial charge in [-0.25, -0.2) is 4.98 Å². The van der Waals surface area contributed by atoms with E-state index in [1.165, 1.54) is 5.56 Å². The molecular formula is C13H17N5S. The van der Waals surface area contributed by atoms with Crippen LogP contribution >= 0.6 is 12.2 Å². The summed E-state index contributed by atoms with van der Waals surface area (Å²) in [6.45, 7) is 4.69. The maximum absolute atomic E-state index is 5.68. The molecule has 19 heavy (non-hydrogen) atoms. The van der Waals surface area contributed by atoms with Crippen molar-refractivity contribution in [1.29, 1.82) is 0 Å². The molecule has 0 radical (unpaired) electrons. The minimum atomic E-state index is 0.343. The van der Waals surface area contributed by atoms with Gasteiger partial charge in [-0.05, 0) is 26.0 Å². The molecule has 0 fully saturated rings. The largest absolute Gasteiger partial charge is 0.389 e. The first-order valence-electron chi connectivity index (χ1n) is 5.98. The molecule has 0 bridgehead atoms. The van der Waals surface area contributed by atoms with Crippen LogP contribution in [0.15, 0.2) is 18.3 Å². The number of hydrogen-bond acceptors (Lipinski definition) is 4. The second-order valence-electron chi connectivity index (χ2n) is 4.39. The van der Waals surface area contributed by atoms with Gasteiger partial charge < -0.3 is 11.1 Å². The lowest BCUT2D eigenvalue weighted by Gasteiger charge is -2.10. The summed E-state index contributed by atoms with van der Waals surface area (Å²) in [5.74, 6) is 0.706. The van der Waals surface area contributed by atoms with Crippen molar-refractivity contribution in [2.45, 2.75) is 20.4 Å². The summed E-state index contributed by atoms with van der Waals surface area (Å²) >= 11 is 5.02. The highest BCUT2D eigenvalue weighted by Crippen LogP contribution is 2.16. The number of aromatic nitrogens is 3. The average molecular weight is 275 g/mol. The highest BCUT2D eigenvalue weighted by Gasteiger charge is 2.11. The number of nitrogens with two attached hydrogens (primary N) is 1. The van der Waals surface area contributed by atoms with E-state index in [0.29, 0.717) is 17.4 Å². The minimum Gasteiger partial charge on any atom is -0.389 e. The van der Waals surface area contributed by atoms with Crippen LogP contribution in [-0.2, 0) is 13.6 Å². The van der Waals surface area contributed by atoms with Crippen molar-refractivity contribution in [2.24, 2.45) is 12.8 Å². The highest BCUT2D eigenvalue weighted by atomic mass is 32.1. The van der Waals surface area contributed by atoms with Crippen LogP contribution in [0, 0.1) is 13.8 Å². The third kappa shape index (κ3) is 2.73. The van der Waals surface area contributed by atoms with Gasteiger partial charge in [0.25, 0.3) is 0 Å². The SMILES string of the molecule is Cc1nn(C)c(C)c1CNc1ncccc1C(N)=S. The fourth-order valence-corrected chi connectivity index (χ4v) is 2.16. The molecule has 0 saturated carbocycles. The average Bonchev–Trinajstić information content (AvgIpc) is 2.61. The summed E-state index contributed by atoms with van der Waals surface area (Å²) in [4.78, 5) is 4.62. The molecule has 2 heterocycles. The predicted octanol–water partition coefficient (Wildman–Crippen LogP) is 1.68. The molecule has 0 aliphatic carbocycles. The van der Waals surface area contributed by atoms with Crippen molar-refractivity contribution in [1.82, 2.24) is 14.8 Å². The molecule has 0 unspecified atom stereocenters. The Kier molecular flexibility index (Phi) is 3.80. The monoisotopic (exact) mass is 275 g/mol. The number of aryl methyl sites for hydroxylation is 2. The zero-order valence-corrected chi connectivity index (χ0v) is 12.1. The van der Waals surface area contributed by atoms with Gasteiger partial charge in [0.15, 0.2) is 0 Å². The van der Waals surface area contributed by atoms with Gasteiger partial charge in [0.1, 0.15) is 10.8 Å². The first-order chi connectivity index (χ1) is 9.00. The van der Waals surface area contributed by atoms with Crippen LogP contribution in [0.2, 0.25) is 0 Å². The van der Waals surface area contributed by atoms with Crippen LogP contribution in [0.5, 0.6) is 0 Å². The molecule has 100 valence electrons. The van der Waals surface area contributed by atoms with Gasteiger partial charge in [-0.3, -0.25) is 4.68 Å². The summed E-state index contributed by atoms with van der Waals surface area (Å²) < 4.78 is 1.87. The van der Waals surface area contributed by atoms with Gasteiger partial charge in [0.2, 0.25) is 0 Å². The Bertz CT molecular complexity index is 617. The van der Waals surface area contributed by atoms with Gasteiger partial charge in [-0.2, -0.15) is 5.10 Å². The number of rotatable bonds is 4. The smallest absolute Gasteiger partial charge is 0.136 e. The van der Waals surface area contributed by atoms with E-state index in [1.54, 1.807) is 6.20 Å². The zero-order chi connectivity index (χ0) is 14.0. The van der Waals surface area contributed by atoms with E-state index in [4.69, 9.17) is 18.0 Å². The third-order valence-electron chi connectivity index (χ3n) is 3.16. The number of nitrogens with one attached hydrogen (secondary N) is 1. The minimum absolute atomic E-state index is 0.343. The van der Waals surface area contributed by atoms with Crippen molar-refractivity contribution in [3.8, 4) is 0 Å². The number of pyridine rings is 1. The Morgan fingerprint density at radius 1 is 1.47 bits per heavy atom. The summed E-state index contributed by atoms with van der Waals surface area (Å²) in [6.07, 6.45) is 1.72. The van der Waals surface area contributed by atoms with Gasteiger partial charge in [-0.1, -0.05) is 12.2 Å². The van der Waals surface area contributed by atoms with Gasteiger partial charge >= 0.3 is 0 Å². The maximum atomic E-state index is 5.68. The molecule has 0 atom stereocenters. The lowest BCUT2D eigenvalue weighted by Crippen LogP contribution is -2.14. The van der Waals surface area contributed by atoms with E-state index in [9.17, 15) is 0 Å². The molecule has 0 amide bonds. The van der Waals surface area contributed by atoms with E-state index >= 15 is 0 Å². The van der Waals surface area contributed by atoms with Crippen LogP contribution in [-0.4, -0.2) is 19.8 Å². The van der Waals surface area contributed by atoms with E-state index in [0.717, 1.165) is 17.0 Å². The van der Waals surface area contributed by atoms with Crippen molar-refractivity contribution >= 4 is 23.0 Å². The summed E-state index contributed by atoms with van der Waals surface area (Å²) in [7, 11) is 1.94. The Morgan fingerprint density at radius 3 is 2.79 bits per heavy atom. The molecule has 0 aromatic carbocycles. The molecule has 0 aliphatic rings. The molecule has 2 aromatic heterocycles. The van der Waals surface area contributed by atoms with Crippen molar-refractivity contribution in [3.63, 3.8) is 0 Å². The summed E-state index contributed by atoms with van der Waals surface area (Å²) in [5, 5.41) is 7.66. The maximum Gasteiger partial charge on any atom is 0.136 e. The van der Waals surface area contributed by atoms with E-state index in [2.05, 4.69) is 15.4 Å². The molecule has 0 spiro atoms.